The molecule has 2 aliphatic heterocycles. The first-order chi connectivity index (χ1) is 13.3. The molecule has 2 heterocycles. The van der Waals surface area contributed by atoms with E-state index < -0.39 is 0 Å². The van der Waals surface area contributed by atoms with Gasteiger partial charge in [-0.2, -0.15) is 0 Å². The summed E-state index contributed by atoms with van der Waals surface area (Å²) in [6.07, 6.45) is 1.91. The van der Waals surface area contributed by atoms with E-state index in [1.807, 2.05) is 24.3 Å². The van der Waals surface area contributed by atoms with E-state index in [0.717, 1.165) is 43.0 Å². The molecule has 4 rings (SSSR count). The molecule has 1 fully saturated rings. The molecule has 5 nitrogen and oxygen atoms in total. The molecule has 0 bridgehead atoms. The molecule has 1 N–H and O–H groups in total. The van der Waals surface area contributed by atoms with Gasteiger partial charge in [0.15, 0.2) is 11.5 Å². The maximum atomic E-state index is 12.3. The van der Waals surface area contributed by atoms with E-state index in [1.165, 1.54) is 5.56 Å². The SMILES string of the molecule is O=C(CN1CC[C@@H](c2ccccc2)C1)NCCc1ccc2c(c1)OCCO2. The van der Waals surface area contributed by atoms with E-state index >= 15 is 0 Å². The van der Waals surface area contributed by atoms with E-state index in [4.69, 9.17) is 9.47 Å². The van der Waals surface area contributed by atoms with Crippen molar-refractivity contribution in [2.24, 2.45) is 0 Å². The molecule has 0 aromatic heterocycles. The van der Waals surface area contributed by atoms with Crippen LogP contribution < -0.4 is 14.8 Å². The highest BCUT2D eigenvalue weighted by atomic mass is 16.6. The first kappa shape index (κ1) is 17.9. The number of ether oxygens (including phenoxy) is 2. The van der Waals surface area contributed by atoms with Crippen LogP contribution in [-0.4, -0.2) is 50.2 Å². The van der Waals surface area contributed by atoms with Gasteiger partial charge in [0.2, 0.25) is 5.91 Å². The fourth-order valence-electron chi connectivity index (χ4n) is 3.82. The average molecular weight is 366 g/mol. The molecular formula is C22H26N2O3. The maximum absolute atomic E-state index is 12.3. The van der Waals surface area contributed by atoms with Crippen LogP contribution in [0.25, 0.3) is 0 Å². The summed E-state index contributed by atoms with van der Waals surface area (Å²) in [7, 11) is 0. The Morgan fingerprint density at radius 2 is 1.89 bits per heavy atom. The second kappa shape index (κ2) is 8.44. The number of carbonyl (C=O) groups is 1. The Morgan fingerprint density at radius 1 is 1.07 bits per heavy atom. The summed E-state index contributed by atoms with van der Waals surface area (Å²) >= 11 is 0. The van der Waals surface area contributed by atoms with Gasteiger partial charge in [0, 0.05) is 13.1 Å². The second-order valence-electron chi connectivity index (χ2n) is 7.21. The molecule has 27 heavy (non-hydrogen) atoms. The van der Waals surface area contributed by atoms with Crippen LogP contribution >= 0.6 is 0 Å². The zero-order valence-electron chi connectivity index (χ0n) is 15.5. The summed E-state index contributed by atoms with van der Waals surface area (Å²) in [5.74, 6) is 2.24. The van der Waals surface area contributed by atoms with Gasteiger partial charge in [-0.25, -0.2) is 0 Å². The van der Waals surface area contributed by atoms with Crippen LogP contribution in [0, 0.1) is 0 Å². The second-order valence-corrected chi connectivity index (χ2v) is 7.21. The lowest BCUT2D eigenvalue weighted by Gasteiger charge is -2.19. The lowest BCUT2D eigenvalue weighted by molar-refractivity contribution is -0.121. The molecule has 0 radical (unpaired) electrons. The van der Waals surface area contributed by atoms with Crippen LogP contribution in [0.3, 0.4) is 0 Å². The Labute approximate surface area is 160 Å². The molecule has 0 spiro atoms. The van der Waals surface area contributed by atoms with Gasteiger partial charge in [-0.3, -0.25) is 9.69 Å². The quantitative estimate of drug-likeness (QED) is 0.854. The highest BCUT2D eigenvalue weighted by Gasteiger charge is 2.24. The number of amides is 1. The molecule has 0 aliphatic carbocycles. The van der Waals surface area contributed by atoms with Crippen molar-refractivity contribution in [2.75, 3.05) is 39.4 Å². The summed E-state index contributed by atoms with van der Waals surface area (Å²) < 4.78 is 11.1. The normalized spacial score (nSPS) is 19.0. The molecule has 2 aromatic carbocycles. The zero-order chi connectivity index (χ0) is 18.5. The van der Waals surface area contributed by atoms with Gasteiger partial charge in [-0.05, 0) is 48.6 Å². The number of likely N-dealkylation sites (tertiary alicyclic amines) is 1. The third-order valence-electron chi connectivity index (χ3n) is 5.25. The van der Waals surface area contributed by atoms with Gasteiger partial charge >= 0.3 is 0 Å². The van der Waals surface area contributed by atoms with Crippen molar-refractivity contribution in [3.63, 3.8) is 0 Å². The van der Waals surface area contributed by atoms with E-state index in [0.29, 0.717) is 32.2 Å². The van der Waals surface area contributed by atoms with Crippen molar-refractivity contribution in [3.05, 3.63) is 59.7 Å². The Hall–Kier alpha value is -2.53. The predicted molar refractivity (Wildman–Crippen MR) is 104 cm³/mol. The highest BCUT2D eigenvalue weighted by molar-refractivity contribution is 5.78. The molecule has 2 aliphatic rings. The topological polar surface area (TPSA) is 50.8 Å². The van der Waals surface area contributed by atoms with Gasteiger partial charge < -0.3 is 14.8 Å². The van der Waals surface area contributed by atoms with Crippen molar-refractivity contribution in [1.29, 1.82) is 0 Å². The van der Waals surface area contributed by atoms with Gasteiger partial charge in [-0.1, -0.05) is 36.4 Å². The number of benzene rings is 2. The van der Waals surface area contributed by atoms with E-state index in [2.05, 4.69) is 34.5 Å². The van der Waals surface area contributed by atoms with Crippen molar-refractivity contribution in [2.45, 2.75) is 18.8 Å². The van der Waals surface area contributed by atoms with Crippen LogP contribution in [-0.2, 0) is 11.2 Å². The molecular weight excluding hydrogens is 340 g/mol. The number of carbonyl (C=O) groups excluding carboxylic acids is 1. The van der Waals surface area contributed by atoms with Gasteiger partial charge in [0.05, 0.1) is 6.54 Å². The van der Waals surface area contributed by atoms with Crippen molar-refractivity contribution in [3.8, 4) is 11.5 Å². The Balaban J connectivity index is 1.20. The lowest BCUT2D eigenvalue weighted by atomic mass is 9.99. The molecule has 1 atom stereocenters. The highest BCUT2D eigenvalue weighted by Crippen LogP contribution is 2.30. The first-order valence-electron chi connectivity index (χ1n) is 9.70. The Morgan fingerprint density at radius 3 is 2.74 bits per heavy atom. The summed E-state index contributed by atoms with van der Waals surface area (Å²) in [5, 5.41) is 3.04. The Bertz CT molecular complexity index is 778. The van der Waals surface area contributed by atoms with Gasteiger partial charge in [0.1, 0.15) is 13.2 Å². The molecule has 1 amide bonds. The van der Waals surface area contributed by atoms with Crippen LogP contribution in [0.15, 0.2) is 48.5 Å². The first-order valence-corrected chi connectivity index (χ1v) is 9.70. The third-order valence-corrected chi connectivity index (χ3v) is 5.25. The molecule has 1 saturated heterocycles. The molecule has 0 unspecified atom stereocenters. The summed E-state index contributed by atoms with van der Waals surface area (Å²) in [6, 6.07) is 16.6. The van der Waals surface area contributed by atoms with Gasteiger partial charge in [-0.15, -0.1) is 0 Å². The zero-order valence-corrected chi connectivity index (χ0v) is 15.5. The molecule has 142 valence electrons. The minimum Gasteiger partial charge on any atom is -0.486 e. The fraction of sp³-hybridized carbons (Fsp3) is 0.409. The summed E-state index contributed by atoms with van der Waals surface area (Å²) in [4.78, 5) is 14.5. The monoisotopic (exact) mass is 366 g/mol. The largest absolute Gasteiger partial charge is 0.486 e. The average Bonchev–Trinajstić information content (AvgIpc) is 3.17. The standard InChI is InChI=1S/C22H26N2O3/c25-22(16-24-11-9-19(15-24)18-4-2-1-3-5-18)23-10-8-17-6-7-20-21(14-17)27-13-12-26-20/h1-7,14,19H,8-13,15-16H2,(H,23,25)/t19-/m1/s1. The predicted octanol–water partition coefficient (Wildman–Crippen LogP) is 2.61. The van der Waals surface area contributed by atoms with E-state index in [-0.39, 0.29) is 5.91 Å². The smallest absolute Gasteiger partial charge is 0.234 e. The van der Waals surface area contributed by atoms with Crippen LogP contribution in [0.1, 0.15) is 23.5 Å². The van der Waals surface area contributed by atoms with Crippen LogP contribution in [0.4, 0.5) is 0 Å². The van der Waals surface area contributed by atoms with Crippen molar-refractivity contribution in [1.82, 2.24) is 10.2 Å². The maximum Gasteiger partial charge on any atom is 0.234 e. The number of rotatable bonds is 6. The number of fused-ring (bicyclic) bond motifs is 1. The summed E-state index contributed by atoms with van der Waals surface area (Å²) in [6.45, 7) is 4.24. The number of nitrogens with zero attached hydrogens (tertiary/aromatic N) is 1. The van der Waals surface area contributed by atoms with Gasteiger partial charge in [0.25, 0.3) is 0 Å². The van der Waals surface area contributed by atoms with E-state index in [1.54, 1.807) is 0 Å². The van der Waals surface area contributed by atoms with Crippen molar-refractivity contribution < 1.29 is 14.3 Å². The summed E-state index contributed by atoms with van der Waals surface area (Å²) in [5.41, 5.74) is 2.52. The third kappa shape index (κ3) is 4.61. The number of nitrogens with one attached hydrogen (secondary N) is 1. The minimum absolute atomic E-state index is 0.0984. The van der Waals surface area contributed by atoms with Crippen molar-refractivity contribution >= 4 is 5.91 Å². The number of hydrogen-bond donors (Lipinski definition) is 1. The molecule has 2 aromatic rings. The van der Waals surface area contributed by atoms with E-state index in [9.17, 15) is 4.79 Å². The minimum atomic E-state index is 0.0984. The lowest BCUT2D eigenvalue weighted by Crippen LogP contribution is -2.36. The fourth-order valence-corrected chi connectivity index (χ4v) is 3.82. The molecule has 0 saturated carbocycles. The van der Waals surface area contributed by atoms with Crippen LogP contribution in [0.2, 0.25) is 0 Å². The Kier molecular flexibility index (Phi) is 5.58. The molecule has 5 heteroatoms. The number of hydrogen-bond acceptors (Lipinski definition) is 4. The van der Waals surface area contributed by atoms with Crippen LogP contribution in [0.5, 0.6) is 11.5 Å².